The molecule has 1 atom stereocenters. The molecule has 1 aromatic heterocycles. The van der Waals surface area contributed by atoms with Crippen LogP contribution in [0.4, 0.5) is 18.9 Å². The van der Waals surface area contributed by atoms with Gasteiger partial charge in [0.25, 0.3) is 5.56 Å². The number of hydrogen-bond donors (Lipinski definition) is 2. The molecular weight excluding hydrogens is 375 g/mol. The Morgan fingerprint density at radius 3 is 2.58 bits per heavy atom. The zero-order valence-corrected chi connectivity index (χ0v) is 13.9. The smallest absolute Gasteiger partial charge is 0.449 e. The number of halogens is 4. The molecule has 138 valence electrons. The summed E-state index contributed by atoms with van der Waals surface area (Å²) in [5, 5.41) is 12.3. The summed E-state index contributed by atoms with van der Waals surface area (Å²) in [5.74, 6) is -3.07. The maximum Gasteiger partial charge on any atom is 0.449 e. The van der Waals surface area contributed by atoms with Gasteiger partial charge in [0, 0.05) is 5.02 Å². The highest BCUT2D eigenvalue weighted by atomic mass is 35.5. The number of aromatic nitrogens is 2. The molecule has 1 aliphatic heterocycles. The number of hydrogen-bond acceptors (Lipinski definition) is 4. The van der Waals surface area contributed by atoms with Gasteiger partial charge in [-0.2, -0.15) is 13.2 Å². The second-order valence-electron chi connectivity index (χ2n) is 5.83. The van der Waals surface area contributed by atoms with Crippen molar-refractivity contribution in [3.8, 4) is 0 Å². The van der Waals surface area contributed by atoms with E-state index in [1.165, 1.54) is 0 Å². The summed E-state index contributed by atoms with van der Waals surface area (Å²) < 4.78 is 39.7. The van der Waals surface area contributed by atoms with Crippen molar-refractivity contribution in [2.45, 2.75) is 31.6 Å². The summed E-state index contributed by atoms with van der Waals surface area (Å²) in [7, 11) is 0. The fourth-order valence-corrected chi connectivity index (χ4v) is 3.02. The van der Waals surface area contributed by atoms with Crippen molar-refractivity contribution in [2.75, 3.05) is 5.32 Å². The summed E-state index contributed by atoms with van der Waals surface area (Å²) >= 11 is 5.84. The lowest BCUT2D eigenvalue weighted by Gasteiger charge is -2.27. The van der Waals surface area contributed by atoms with Crippen LogP contribution in [0, 0.1) is 0 Å². The molecule has 0 spiro atoms. The molecule has 0 radical (unpaired) electrons. The minimum atomic E-state index is -4.93. The molecule has 2 heterocycles. The molecule has 0 amide bonds. The van der Waals surface area contributed by atoms with E-state index in [0.29, 0.717) is 11.4 Å². The van der Waals surface area contributed by atoms with Crippen LogP contribution >= 0.6 is 11.6 Å². The first-order valence-electron chi connectivity index (χ1n) is 7.61. The van der Waals surface area contributed by atoms with E-state index in [1.807, 2.05) is 0 Å². The molecule has 0 unspecified atom stereocenters. The van der Waals surface area contributed by atoms with E-state index in [-0.39, 0.29) is 28.4 Å². The number of fused-ring (bicyclic) bond motifs is 1. The highest BCUT2D eigenvalue weighted by Gasteiger charge is 2.39. The van der Waals surface area contributed by atoms with Gasteiger partial charge in [-0.15, -0.1) is 0 Å². The second kappa shape index (κ2) is 6.64. The molecule has 26 heavy (non-hydrogen) atoms. The van der Waals surface area contributed by atoms with Gasteiger partial charge in [-0.3, -0.25) is 14.2 Å². The largest absolute Gasteiger partial charge is 0.480 e. The normalized spacial score (nSPS) is 16.7. The van der Waals surface area contributed by atoms with Gasteiger partial charge in [0.2, 0.25) is 5.82 Å². The summed E-state index contributed by atoms with van der Waals surface area (Å²) in [6, 6.07) is 6.52. The lowest BCUT2D eigenvalue weighted by atomic mass is 9.96. The van der Waals surface area contributed by atoms with Crippen molar-refractivity contribution in [1.82, 2.24) is 9.55 Å². The van der Waals surface area contributed by atoms with Crippen LogP contribution in [0.3, 0.4) is 0 Å². The van der Waals surface area contributed by atoms with Crippen LogP contribution in [0.1, 0.15) is 29.5 Å². The second-order valence-corrected chi connectivity index (χ2v) is 6.26. The first-order chi connectivity index (χ1) is 12.2. The van der Waals surface area contributed by atoms with Gasteiger partial charge in [0.1, 0.15) is 12.2 Å². The third kappa shape index (κ3) is 3.52. The Morgan fingerprint density at radius 2 is 2.00 bits per heavy atom. The predicted octanol–water partition coefficient (Wildman–Crippen LogP) is 3.10. The van der Waals surface area contributed by atoms with Crippen molar-refractivity contribution in [2.24, 2.45) is 0 Å². The first kappa shape index (κ1) is 18.2. The van der Waals surface area contributed by atoms with Gasteiger partial charge >= 0.3 is 12.1 Å². The topological polar surface area (TPSA) is 84.2 Å². The third-order valence-corrected chi connectivity index (χ3v) is 4.30. The lowest BCUT2D eigenvalue weighted by molar-refractivity contribution is -0.150. The number of anilines is 1. The summed E-state index contributed by atoms with van der Waals surface area (Å²) in [6.07, 6.45) is -4.35. The van der Waals surface area contributed by atoms with E-state index in [1.54, 1.807) is 24.3 Å². The van der Waals surface area contributed by atoms with Gasteiger partial charge in [0.15, 0.2) is 0 Å². The molecular formula is C16H13ClF3N3O3. The number of carboxylic acids is 1. The average molecular weight is 388 g/mol. The van der Waals surface area contributed by atoms with Gasteiger partial charge in [-0.1, -0.05) is 23.7 Å². The summed E-state index contributed by atoms with van der Waals surface area (Å²) in [4.78, 5) is 27.0. The zero-order chi connectivity index (χ0) is 19.1. The Morgan fingerprint density at radius 1 is 1.35 bits per heavy atom. The maximum atomic E-state index is 13.2. The Balaban J connectivity index is 2.06. The third-order valence-electron chi connectivity index (χ3n) is 4.05. The minimum absolute atomic E-state index is 0.0193. The van der Waals surface area contributed by atoms with Gasteiger partial charge in [0.05, 0.1) is 11.7 Å². The van der Waals surface area contributed by atoms with E-state index >= 15 is 0 Å². The number of nitrogens with one attached hydrogen (secondary N) is 1. The van der Waals surface area contributed by atoms with Gasteiger partial charge in [-0.25, -0.2) is 4.98 Å². The SMILES string of the molecule is O=C(O)Cn1c(C(F)(F)F)nc2c(c1=O)N[C@H](c1ccc(Cl)cc1)CC2. The molecule has 6 nitrogen and oxygen atoms in total. The molecule has 0 saturated heterocycles. The van der Waals surface area contributed by atoms with Crippen LogP contribution < -0.4 is 10.9 Å². The van der Waals surface area contributed by atoms with Gasteiger partial charge in [-0.05, 0) is 30.5 Å². The summed E-state index contributed by atoms with van der Waals surface area (Å²) in [5.41, 5.74) is -0.368. The number of carbonyl (C=O) groups is 1. The first-order valence-corrected chi connectivity index (χ1v) is 7.99. The number of rotatable bonds is 3. The number of benzene rings is 1. The molecule has 2 aromatic rings. The molecule has 0 saturated carbocycles. The molecule has 0 bridgehead atoms. The number of carboxylic acid groups (broad SMARTS) is 1. The highest BCUT2D eigenvalue weighted by molar-refractivity contribution is 6.30. The molecule has 1 aliphatic rings. The zero-order valence-electron chi connectivity index (χ0n) is 13.2. The Hall–Kier alpha value is -2.55. The number of aliphatic carboxylic acids is 1. The van der Waals surface area contributed by atoms with E-state index in [9.17, 15) is 22.8 Å². The molecule has 0 aliphatic carbocycles. The Labute approximate surface area is 150 Å². The van der Waals surface area contributed by atoms with Gasteiger partial charge < -0.3 is 10.4 Å². The maximum absolute atomic E-state index is 13.2. The van der Waals surface area contributed by atoms with Crippen LogP contribution in [0.15, 0.2) is 29.1 Å². The Bertz CT molecular complexity index is 910. The standard InChI is InChI=1S/C16H13ClF3N3O3/c17-9-3-1-8(2-4-9)10-5-6-11-13(21-10)14(26)23(7-12(24)25)15(22-11)16(18,19)20/h1-4,10,21H,5-7H2,(H,24,25)/t10-/m0/s1. The van der Waals surface area contributed by atoms with Crippen molar-refractivity contribution < 1.29 is 23.1 Å². The molecule has 1 aromatic carbocycles. The van der Waals surface area contributed by atoms with Crippen LogP contribution in [-0.4, -0.2) is 20.6 Å². The van der Waals surface area contributed by atoms with Crippen LogP contribution in [0.2, 0.25) is 5.02 Å². The number of nitrogens with zero attached hydrogens (tertiary/aromatic N) is 2. The quantitative estimate of drug-likeness (QED) is 0.845. The minimum Gasteiger partial charge on any atom is -0.480 e. The van der Waals surface area contributed by atoms with E-state index in [2.05, 4.69) is 10.3 Å². The van der Waals surface area contributed by atoms with Crippen molar-refractivity contribution in [3.63, 3.8) is 0 Å². The monoisotopic (exact) mass is 387 g/mol. The number of aryl methyl sites for hydroxylation is 1. The molecule has 0 fully saturated rings. The number of alkyl halides is 3. The predicted molar refractivity (Wildman–Crippen MR) is 87.3 cm³/mol. The fourth-order valence-electron chi connectivity index (χ4n) is 2.90. The fraction of sp³-hybridized carbons (Fsp3) is 0.312. The highest BCUT2D eigenvalue weighted by Crippen LogP contribution is 2.33. The van der Waals surface area contributed by atoms with E-state index in [0.717, 1.165) is 5.56 Å². The van der Waals surface area contributed by atoms with E-state index in [4.69, 9.17) is 16.7 Å². The molecule has 10 heteroatoms. The molecule has 3 rings (SSSR count). The Kier molecular flexibility index (Phi) is 4.66. The van der Waals surface area contributed by atoms with E-state index < -0.39 is 30.1 Å². The lowest BCUT2D eigenvalue weighted by Crippen LogP contribution is -2.37. The van der Waals surface area contributed by atoms with Crippen molar-refractivity contribution in [3.05, 3.63) is 56.7 Å². The van der Waals surface area contributed by atoms with Crippen LogP contribution in [-0.2, 0) is 23.9 Å². The van der Waals surface area contributed by atoms with Crippen molar-refractivity contribution in [1.29, 1.82) is 0 Å². The average Bonchev–Trinajstić information content (AvgIpc) is 2.56. The summed E-state index contributed by atoms with van der Waals surface area (Å²) in [6.45, 7) is -1.12. The van der Waals surface area contributed by atoms with Crippen LogP contribution in [0.25, 0.3) is 0 Å². The molecule has 2 N–H and O–H groups in total. The van der Waals surface area contributed by atoms with Crippen LogP contribution in [0.5, 0.6) is 0 Å². The van der Waals surface area contributed by atoms with Crippen molar-refractivity contribution >= 4 is 23.3 Å².